The number of hydrogen-bond acceptors (Lipinski definition) is 4. The maximum absolute atomic E-state index is 11.3. The molecule has 12 heavy (non-hydrogen) atoms. The summed E-state index contributed by atoms with van der Waals surface area (Å²) in [6, 6.07) is 0. The minimum Gasteiger partial charge on any atom is -0.395 e. The van der Waals surface area contributed by atoms with Gasteiger partial charge in [-0.25, -0.2) is 5.11 Å². The van der Waals surface area contributed by atoms with E-state index in [1.165, 1.54) is 0 Å². The molecule has 0 saturated carbocycles. The topological polar surface area (TPSA) is 92.6 Å². The first-order valence-electron chi connectivity index (χ1n) is 3.88. The van der Waals surface area contributed by atoms with Gasteiger partial charge in [0.15, 0.2) is 6.23 Å². The molecule has 1 unspecified atom stereocenters. The normalized spacial score (nSPS) is 14.8. The quantitative estimate of drug-likeness (QED) is 0.365. The van der Waals surface area contributed by atoms with Crippen LogP contribution < -0.4 is 5.32 Å². The molecule has 0 aromatic carbocycles. The van der Waals surface area contributed by atoms with Crippen LogP contribution in [0.2, 0.25) is 0 Å². The van der Waals surface area contributed by atoms with Crippen LogP contribution in [0.4, 0.5) is 0 Å². The average Bonchev–Trinajstić information content (AvgIpc) is 2.09. The molecule has 0 aliphatic carbocycles. The van der Waals surface area contributed by atoms with Gasteiger partial charge in [0.05, 0.1) is 25.2 Å². The summed E-state index contributed by atoms with van der Waals surface area (Å²) >= 11 is 0. The van der Waals surface area contributed by atoms with Crippen LogP contribution in [0, 0.1) is 5.41 Å². The Kier molecular flexibility index (Phi) is 5.36. The van der Waals surface area contributed by atoms with E-state index in [4.69, 9.17) is 15.3 Å². The van der Waals surface area contributed by atoms with Gasteiger partial charge in [0.1, 0.15) is 0 Å². The van der Waals surface area contributed by atoms with Crippen LogP contribution in [-0.2, 0) is 5.11 Å². The highest BCUT2D eigenvalue weighted by molar-refractivity contribution is 4.83. The zero-order valence-corrected chi connectivity index (χ0v) is 7.16. The van der Waals surface area contributed by atoms with E-state index >= 15 is 0 Å². The second-order valence-corrected chi connectivity index (χ2v) is 2.77. The molecule has 4 N–H and O–H groups in total. The van der Waals surface area contributed by atoms with E-state index in [1.54, 1.807) is 6.92 Å². The minimum atomic E-state index is -1.37. The SMILES string of the molecule is CCNC([O])C(CO)(CO)CO. The van der Waals surface area contributed by atoms with Crippen LogP contribution in [0.1, 0.15) is 6.92 Å². The summed E-state index contributed by atoms with van der Waals surface area (Å²) in [5.74, 6) is 0. The summed E-state index contributed by atoms with van der Waals surface area (Å²) < 4.78 is 0. The molecule has 0 heterocycles. The molecule has 0 aliphatic heterocycles. The molecule has 5 heteroatoms. The van der Waals surface area contributed by atoms with Crippen LogP contribution in [0.15, 0.2) is 0 Å². The fourth-order valence-corrected chi connectivity index (χ4v) is 0.801. The van der Waals surface area contributed by atoms with E-state index < -0.39 is 31.5 Å². The van der Waals surface area contributed by atoms with Crippen LogP contribution in [0.5, 0.6) is 0 Å². The maximum Gasteiger partial charge on any atom is 0.156 e. The average molecular weight is 178 g/mol. The fourth-order valence-electron chi connectivity index (χ4n) is 0.801. The van der Waals surface area contributed by atoms with Gasteiger partial charge in [-0.15, -0.1) is 0 Å². The summed E-state index contributed by atoms with van der Waals surface area (Å²) in [6.07, 6.45) is -1.34. The van der Waals surface area contributed by atoms with Gasteiger partial charge in [0, 0.05) is 0 Å². The third-order valence-electron chi connectivity index (χ3n) is 1.89. The molecular formula is C7H16NO4. The van der Waals surface area contributed by atoms with E-state index in [0.717, 1.165) is 0 Å². The van der Waals surface area contributed by atoms with Gasteiger partial charge in [-0.1, -0.05) is 6.92 Å². The molecule has 0 rings (SSSR count). The lowest BCUT2D eigenvalue weighted by Crippen LogP contribution is -2.51. The Balaban J connectivity index is 4.24. The smallest absolute Gasteiger partial charge is 0.156 e. The standard InChI is InChI=1S/C7H16NO4/c1-2-8-6(12)7(3-9,4-10)5-11/h6,8-11H,2-5H2,1H3. The molecule has 0 aliphatic rings. The predicted octanol–water partition coefficient (Wildman–Crippen LogP) is -1.68. The molecule has 0 saturated heterocycles. The Labute approximate surface area is 71.7 Å². The van der Waals surface area contributed by atoms with Crippen molar-refractivity contribution in [3.05, 3.63) is 0 Å². The summed E-state index contributed by atoms with van der Waals surface area (Å²) in [7, 11) is 0. The predicted molar refractivity (Wildman–Crippen MR) is 41.8 cm³/mol. The molecule has 5 nitrogen and oxygen atoms in total. The highest BCUT2D eigenvalue weighted by Crippen LogP contribution is 2.18. The summed E-state index contributed by atoms with van der Waals surface area (Å²) in [5.41, 5.74) is -1.37. The number of rotatable bonds is 6. The monoisotopic (exact) mass is 178 g/mol. The summed E-state index contributed by atoms with van der Waals surface area (Å²) in [4.78, 5) is 0. The van der Waals surface area contributed by atoms with Crippen molar-refractivity contribution in [2.24, 2.45) is 5.41 Å². The van der Waals surface area contributed by atoms with Crippen molar-refractivity contribution in [1.82, 2.24) is 5.32 Å². The van der Waals surface area contributed by atoms with Crippen molar-refractivity contribution < 1.29 is 20.4 Å². The number of nitrogens with one attached hydrogen (secondary N) is 1. The molecule has 0 spiro atoms. The Hall–Kier alpha value is -0.200. The Morgan fingerprint density at radius 2 is 1.67 bits per heavy atom. The van der Waals surface area contributed by atoms with Crippen molar-refractivity contribution in [3.63, 3.8) is 0 Å². The molecule has 0 fully saturated rings. The zero-order chi connectivity index (χ0) is 9.61. The van der Waals surface area contributed by atoms with Gasteiger partial charge in [0.25, 0.3) is 0 Å². The van der Waals surface area contributed by atoms with Crippen molar-refractivity contribution in [3.8, 4) is 0 Å². The lowest BCUT2D eigenvalue weighted by Gasteiger charge is -2.31. The molecule has 0 amide bonds. The Morgan fingerprint density at radius 1 is 1.25 bits per heavy atom. The van der Waals surface area contributed by atoms with E-state index in [-0.39, 0.29) is 0 Å². The van der Waals surface area contributed by atoms with E-state index in [0.29, 0.717) is 6.54 Å². The number of aliphatic hydroxyl groups is 3. The summed E-state index contributed by atoms with van der Waals surface area (Å²) in [5, 5.41) is 40.2. The lowest BCUT2D eigenvalue weighted by molar-refractivity contribution is -0.123. The maximum atomic E-state index is 11.3. The first-order valence-corrected chi connectivity index (χ1v) is 3.88. The second-order valence-electron chi connectivity index (χ2n) is 2.77. The molecule has 0 aromatic heterocycles. The molecule has 73 valence electrons. The van der Waals surface area contributed by atoms with E-state index in [1.807, 2.05) is 0 Å². The van der Waals surface area contributed by atoms with E-state index in [2.05, 4.69) is 5.32 Å². The number of hydrogen-bond donors (Lipinski definition) is 4. The Morgan fingerprint density at radius 3 is 1.92 bits per heavy atom. The van der Waals surface area contributed by atoms with Crippen LogP contribution >= 0.6 is 0 Å². The van der Waals surface area contributed by atoms with Gasteiger partial charge in [-0.05, 0) is 6.54 Å². The minimum absolute atomic E-state index is 0.440. The highest BCUT2D eigenvalue weighted by atomic mass is 16.3. The van der Waals surface area contributed by atoms with Gasteiger partial charge < -0.3 is 15.3 Å². The molecule has 0 aromatic rings. The van der Waals surface area contributed by atoms with Crippen LogP contribution in [-0.4, -0.2) is 47.9 Å². The van der Waals surface area contributed by atoms with Crippen LogP contribution in [0.3, 0.4) is 0 Å². The molecule has 1 radical (unpaired) electrons. The van der Waals surface area contributed by atoms with Gasteiger partial charge >= 0.3 is 0 Å². The fraction of sp³-hybridized carbons (Fsp3) is 1.00. The highest BCUT2D eigenvalue weighted by Gasteiger charge is 2.37. The van der Waals surface area contributed by atoms with Gasteiger partial charge in [-0.3, -0.25) is 5.32 Å². The van der Waals surface area contributed by atoms with E-state index in [9.17, 15) is 5.11 Å². The van der Waals surface area contributed by atoms with Crippen LogP contribution in [0.25, 0.3) is 0 Å². The second kappa shape index (κ2) is 5.45. The van der Waals surface area contributed by atoms with Crippen molar-refractivity contribution in [2.75, 3.05) is 26.4 Å². The van der Waals surface area contributed by atoms with Gasteiger partial charge in [0.2, 0.25) is 0 Å². The van der Waals surface area contributed by atoms with Gasteiger partial charge in [-0.2, -0.15) is 0 Å². The molecular weight excluding hydrogens is 162 g/mol. The lowest BCUT2D eigenvalue weighted by atomic mass is 9.89. The van der Waals surface area contributed by atoms with Crippen molar-refractivity contribution in [2.45, 2.75) is 13.2 Å². The largest absolute Gasteiger partial charge is 0.395 e. The molecule has 1 atom stereocenters. The third kappa shape index (κ3) is 2.40. The Bertz CT molecular complexity index is 108. The van der Waals surface area contributed by atoms with Crippen molar-refractivity contribution in [1.29, 1.82) is 0 Å². The first kappa shape index (κ1) is 11.8. The number of aliphatic hydroxyl groups excluding tert-OH is 3. The zero-order valence-electron chi connectivity index (χ0n) is 7.16. The summed E-state index contributed by atoms with van der Waals surface area (Å²) in [6.45, 7) is 0.598. The third-order valence-corrected chi connectivity index (χ3v) is 1.89. The first-order chi connectivity index (χ1) is 5.66. The molecule has 0 bridgehead atoms. The van der Waals surface area contributed by atoms with Crippen molar-refractivity contribution >= 4 is 0 Å².